The van der Waals surface area contributed by atoms with Crippen molar-refractivity contribution >= 4 is 10.8 Å². The minimum Gasteiger partial charge on any atom is -0.490 e. The molecule has 0 saturated carbocycles. The number of nitrogens with two attached hydrogens (primary N) is 1. The van der Waals surface area contributed by atoms with E-state index in [1.54, 1.807) is 0 Å². The number of hydrogen-bond acceptors (Lipinski definition) is 3. The number of rotatable bonds is 8. The van der Waals surface area contributed by atoms with Gasteiger partial charge in [-0.3, -0.25) is 0 Å². The van der Waals surface area contributed by atoms with Gasteiger partial charge in [0, 0.05) is 5.56 Å². The van der Waals surface area contributed by atoms with E-state index in [1.807, 2.05) is 6.07 Å². The number of ether oxygens (including phenoxy) is 2. The molecule has 0 aliphatic rings. The van der Waals surface area contributed by atoms with Crippen LogP contribution in [-0.2, 0) is 18.3 Å². The normalized spacial score (nSPS) is 11.6. The molecule has 0 bridgehead atoms. The summed E-state index contributed by atoms with van der Waals surface area (Å²) in [5.74, 6) is 1.84. The molecule has 0 fully saturated rings. The van der Waals surface area contributed by atoms with E-state index in [4.69, 9.17) is 15.2 Å². The van der Waals surface area contributed by atoms with E-state index < -0.39 is 0 Å². The van der Waals surface area contributed by atoms with Crippen LogP contribution < -0.4 is 15.2 Å². The molecule has 0 aliphatic heterocycles. The number of hydrogen-bond donors (Lipinski definition) is 1. The van der Waals surface area contributed by atoms with Gasteiger partial charge in [0.05, 0.1) is 0 Å². The first kappa shape index (κ1) is 21.2. The maximum Gasteiger partial charge on any atom is 0.123 e. The van der Waals surface area contributed by atoms with Crippen molar-refractivity contribution in [1.29, 1.82) is 0 Å². The van der Waals surface area contributed by atoms with E-state index in [2.05, 4.69) is 76.2 Å². The van der Waals surface area contributed by atoms with Gasteiger partial charge in [-0.15, -0.1) is 0 Å². The van der Waals surface area contributed by atoms with Crippen LogP contribution in [0.15, 0.2) is 54.6 Å². The molecule has 0 aliphatic carbocycles. The fraction of sp³-hybridized carbons (Fsp3) is 0.385. The Morgan fingerprint density at radius 2 is 1.55 bits per heavy atom. The second kappa shape index (κ2) is 9.32. The smallest absolute Gasteiger partial charge is 0.123 e. The summed E-state index contributed by atoms with van der Waals surface area (Å²) in [6, 6.07) is 19.0. The Kier molecular flexibility index (Phi) is 6.81. The van der Waals surface area contributed by atoms with Crippen molar-refractivity contribution in [3.63, 3.8) is 0 Å². The highest BCUT2D eigenvalue weighted by Gasteiger charge is 2.19. The van der Waals surface area contributed by atoms with Crippen LogP contribution >= 0.6 is 0 Å². The molecule has 0 atom stereocenters. The zero-order valence-electron chi connectivity index (χ0n) is 18.1. The van der Waals surface area contributed by atoms with E-state index in [0.717, 1.165) is 24.3 Å². The monoisotopic (exact) mass is 391 g/mol. The standard InChI is InChI=1S/C26H33NO2/c1-5-19-10-12-25(23(18-19)26(2,3)4)29-17-16-28-24-13-11-20-8-6-7-9-21(20)22(24)14-15-27/h6-13,18H,5,14-17,27H2,1-4H3. The Hall–Kier alpha value is -2.52. The summed E-state index contributed by atoms with van der Waals surface area (Å²) in [6.45, 7) is 10.4. The average Bonchev–Trinajstić information content (AvgIpc) is 2.71. The Bertz CT molecular complexity index is 957. The molecule has 3 nitrogen and oxygen atoms in total. The summed E-state index contributed by atoms with van der Waals surface area (Å²) in [4.78, 5) is 0. The molecule has 154 valence electrons. The van der Waals surface area contributed by atoms with Crippen molar-refractivity contribution < 1.29 is 9.47 Å². The van der Waals surface area contributed by atoms with E-state index in [0.29, 0.717) is 19.8 Å². The number of benzene rings is 3. The minimum atomic E-state index is 0.0357. The first-order valence-electron chi connectivity index (χ1n) is 10.5. The zero-order valence-corrected chi connectivity index (χ0v) is 18.1. The third-order valence-corrected chi connectivity index (χ3v) is 5.25. The number of aryl methyl sites for hydroxylation is 1. The molecular formula is C26H33NO2. The largest absolute Gasteiger partial charge is 0.490 e. The van der Waals surface area contributed by atoms with Gasteiger partial charge in [-0.2, -0.15) is 0 Å². The molecule has 3 aromatic rings. The highest BCUT2D eigenvalue weighted by Crippen LogP contribution is 2.33. The predicted octanol–water partition coefficient (Wildman–Crippen LogP) is 5.66. The molecule has 0 radical (unpaired) electrons. The molecule has 3 aromatic carbocycles. The van der Waals surface area contributed by atoms with E-state index >= 15 is 0 Å². The molecule has 0 heterocycles. The van der Waals surface area contributed by atoms with Crippen molar-refractivity contribution in [2.75, 3.05) is 19.8 Å². The van der Waals surface area contributed by atoms with Crippen molar-refractivity contribution in [1.82, 2.24) is 0 Å². The lowest BCUT2D eigenvalue weighted by Crippen LogP contribution is -2.16. The van der Waals surface area contributed by atoms with Gasteiger partial charge >= 0.3 is 0 Å². The fourth-order valence-electron chi connectivity index (χ4n) is 3.67. The van der Waals surface area contributed by atoms with Gasteiger partial charge < -0.3 is 15.2 Å². The van der Waals surface area contributed by atoms with Crippen LogP contribution in [0.25, 0.3) is 10.8 Å². The van der Waals surface area contributed by atoms with E-state index in [1.165, 1.54) is 27.5 Å². The molecule has 0 amide bonds. The second-order valence-corrected chi connectivity index (χ2v) is 8.43. The minimum absolute atomic E-state index is 0.0357. The third kappa shape index (κ3) is 5.10. The molecule has 29 heavy (non-hydrogen) atoms. The molecule has 3 heteroatoms. The lowest BCUT2D eigenvalue weighted by molar-refractivity contribution is 0.213. The fourth-order valence-corrected chi connectivity index (χ4v) is 3.67. The maximum absolute atomic E-state index is 6.12. The summed E-state index contributed by atoms with van der Waals surface area (Å²) < 4.78 is 12.2. The Balaban J connectivity index is 1.71. The molecule has 0 unspecified atom stereocenters. The van der Waals surface area contributed by atoms with Gasteiger partial charge in [0.2, 0.25) is 0 Å². The van der Waals surface area contributed by atoms with E-state index in [-0.39, 0.29) is 5.41 Å². The van der Waals surface area contributed by atoms with Crippen LogP contribution in [0.4, 0.5) is 0 Å². The molecular weight excluding hydrogens is 358 g/mol. The Morgan fingerprint density at radius 1 is 0.862 bits per heavy atom. The van der Waals surface area contributed by atoms with Crippen LogP contribution in [0.1, 0.15) is 44.4 Å². The summed E-state index contributed by atoms with van der Waals surface area (Å²) >= 11 is 0. The van der Waals surface area contributed by atoms with Crippen LogP contribution in [0, 0.1) is 0 Å². The molecule has 0 saturated heterocycles. The molecule has 3 rings (SSSR count). The Morgan fingerprint density at radius 3 is 2.24 bits per heavy atom. The van der Waals surface area contributed by atoms with Crippen LogP contribution in [0.3, 0.4) is 0 Å². The summed E-state index contributed by atoms with van der Waals surface area (Å²) in [7, 11) is 0. The molecule has 2 N–H and O–H groups in total. The predicted molar refractivity (Wildman–Crippen MR) is 122 cm³/mol. The van der Waals surface area contributed by atoms with Gasteiger partial charge in [-0.05, 0) is 58.8 Å². The van der Waals surface area contributed by atoms with Gasteiger partial charge in [0.25, 0.3) is 0 Å². The summed E-state index contributed by atoms with van der Waals surface area (Å²) in [6.07, 6.45) is 1.82. The van der Waals surface area contributed by atoms with Gasteiger partial charge in [0.15, 0.2) is 0 Å². The number of fused-ring (bicyclic) bond motifs is 1. The van der Waals surface area contributed by atoms with E-state index in [9.17, 15) is 0 Å². The highest BCUT2D eigenvalue weighted by molar-refractivity contribution is 5.87. The lowest BCUT2D eigenvalue weighted by atomic mass is 9.85. The quantitative estimate of drug-likeness (QED) is 0.504. The highest BCUT2D eigenvalue weighted by atomic mass is 16.5. The third-order valence-electron chi connectivity index (χ3n) is 5.25. The first-order chi connectivity index (χ1) is 13.9. The van der Waals surface area contributed by atoms with Gasteiger partial charge in [-0.25, -0.2) is 0 Å². The van der Waals surface area contributed by atoms with Crippen molar-refractivity contribution in [3.05, 3.63) is 71.3 Å². The topological polar surface area (TPSA) is 44.5 Å². The van der Waals surface area contributed by atoms with Gasteiger partial charge in [-0.1, -0.05) is 70.2 Å². The van der Waals surface area contributed by atoms with Crippen molar-refractivity contribution in [2.24, 2.45) is 5.73 Å². The zero-order chi connectivity index (χ0) is 20.9. The average molecular weight is 392 g/mol. The van der Waals surface area contributed by atoms with Crippen molar-refractivity contribution in [3.8, 4) is 11.5 Å². The maximum atomic E-state index is 6.12. The SMILES string of the molecule is CCc1ccc(OCCOc2ccc3ccccc3c2CCN)c(C(C)(C)C)c1. The van der Waals surface area contributed by atoms with Crippen molar-refractivity contribution in [2.45, 2.75) is 46.0 Å². The second-order valence-electron chi connectivity index (χ2n) is 8.43. The first-order valence-corrected chi connectivity index (χ1v) is 10.5. The van der Waals surface area contributed by atoms with Crippen LogP contribution in [0.5, 0.6) is 11.5 Å². The molecule has 0 aromatic heterocycles. The molecule has 0 spiro atoms. The Labute approximate surface area is 174 Å². The van der Waals surface area contributed by atoms with Crippen LogP contribution in [-0.4, -0.2) is 19.8 Å². The summed E-state index contributed by atoms with van der Waals surface area (Å²) in [5.41, 5.74) is 9.64. The van der Waals surface area contributed by atoms with Crippen LogP contribution in [0.2, 0.25) is 0 Å². The lowest BCUT2D eigenvalue weighted by Gasteiger charge is -2.24. The van der Waals surface area contributed by atoms with Gasteiger partial charge in [0.1, 0.15) is 24.7 Å². The summed E-state index contributed by atoms with van der Waals surface area (Å²) in [5, 5.41) is 2.42.